The second-order valence-electron chi connectivity index (χ2n) is 3.87. The molecule has 0 aliphatic heterocycles. The molecule has 5 nitrogen and oxygen atoms in total. The Labute approximate surface area is 96.7 Å². The molecule has 0 saturated heterocycles. The van der Waals surface area contributed by atoms with E-state index in [1.807, 2.05) is 0 Å². The molecule has 0 radical (unpaired) electrons. The quantitative estimate of drug-likeness (QED) is 0.495. The van der Waals surface area contributed by atoms with Gasteiger partial charge in [-0.25, -0.2) is 4.79 Å². The Morgan fingerprint density at radius 2 is 2.00 bits per heavy atom. The summed E-state index contributed by atoms with van der Waals surface area (Å²) in [6, 6.07) is -1.19. The summed E-state index contributed by atoms with van der Waals surface area (Å²) < 4.78 is 4.63. The number of hydrogen-bond donors (Lipinski definition) is 2. The number of amides is 1. The molecule has 0 aliphatic carbocycles. The van der Waals surface area contributed by atoms with Crippen LogP contribution in [0, 0.1) is 0 Å². The van der Waals surface area contributed by atoms with Crippen LogP contribution in [0.25, 0.3) is 0 Å². The van der Waals surface area contributed by atoms with Crippen LogP contribution in [-0.2, 0) is 14.3 Å². The molecular formula is C11H22N2O3. The van der Waals surface area contributed by atoms with E-state index in [-0.39, 0.29) is 5.91 Å². The van der Waals surface area contributed by atoms with Crippen LogP contribution in [0.5, 0.6) is 0 Å². The normalized spacial score (nSPS) is 14.0. The molecule has 2 atom stereocenters. The third-order valence-corrected chi connectivity index (χ3v) is 2.31. The lowest BCUT2D eigenvalue weighted by atomic mass is 10.1. The Kier molecular flexibility index (Phi) is 7.54. The fourth-order valence-electron chi connectivity index (χ4n) is 1.29. The lowest BCUT2D eigenvalue weighted by molar-refractivity contribution is -0.145. The number of carbonyl (C=O) groups is 2. The van der Waals surface area contributed by atoms with E-state index < -0.39 is 18.1 Å². The van der Waals surface area contributed by atoms with Gasteiger partial charge in [0.1, 0.15) is 6.04 Å². The Bertz CT molecular complexity index is 229. The van der Waals surface area contributed by atoms with E-state index >= 15 is 0 Å². The minimum Gasteiger partial charge on any atom is -0.467 e. The zero-order valence-corrected chi connectivity index (χ0v) is 10.3. The highest BCUT2D eigenvalue weighted by Gasteiger charge is 2.22. The molecule has 94 valence electrons. The number of nitrogens with two attached hydrogens (primary N) is 1. The minimum absolute atomic E-state index is 0.327. The van der Waals surface area contributed by atoms with E-state index in [0.717, 1.165) is 19.3 Å². The molecule has 1 amide bonds. The molecule has 0 bridgehead atoms. The summed E-state index contributed by atoms with van der Waals surface area (Å²) in [5.41, 5.74) is 5.42. The Morgan fingerprint density at radius 3 is 2.44 bits per heavy atom. The lowest BCUT2D eigenvalue weighted by Gasteiger charge is -2.17. The lowest BCUT2D eigenvalue weighted by Crippen LogP contribution is -2.47. The van der Waals surface area contributed by atoms with Gasteiger partial charge in [-0.3, -0.25) is 4.79 Å². The number of rotatable bonds is 7. The first-order valence-corrected chi connectivity index (χ1v) is 5.66. The van der Waals surface area contributed by atoms with Crippen molar-refractivity contribution in [3.05, 3.63) is 0 Å². The summed E-state index contributed by atoms with van der Waals surface area (Å²) in [5.74, 6) is -0.739. The molecule has 0 aromatic rings. The van der Waals surface area contributed by atoms with Crippen LogP contribution in [0.3, 0.4) is 0 Å². The minimum atomic E-state index is -0.613. The van der Waals surface area contributed by atoms with Crippen molar-refractivity contribution < 1.29 is 14.3 Å². The first-order chi connectivity index (χ1) is 7.52. The van der Waals surface area contributed by atoms with E-state index in [2.05, 4.69) is 17.0 Å². The van der Waals surface area contributed by atoms with Crippen molar-refractivity contribution in [1.82, 2.24) is 5.32 Å². The number of hydrogen-bond acceptors (Lipinski definition) is 4. The summed E-state index contributed by atoms with van der Waals surface area (Å²) in [6.45, 7) is 3.66. The maximum atomic E-state index is 11.4. The average molecular weight is 230 g/mol. The number of carbonyl (C=O) groups excluding carboxylic acids is 2. The third-order valence-electron chi connectivity index (χ3n) is 2.31. The van der Waals surface area contributed by atoms with Crippen LogP contribution >= 0.6 is 0 Å². The van der Waals surface area contributed by atoms with Crippen molar-refractivity contribution in [1.29, 1.82) is 0 Å². The summed E-state index contributed by atoms with van der Waals surface area (Å²) >= 11 is 0. The van der Waals surface area contributed by atoms with Gasteiger partial charge < -0.3 is 15.8 Å². The van der Waals surface area contributed by atoms with Crippen molar-refractivity contribution in [2.45, 2.75) is 51.6 Å². The second kappa shape index (κ2) is 8.10. The van der Waals surface area contributed by atoms with Crippen molar-refractivity contribution in [2.75, 3.05) is 7.11 Å². The molecule has 0 saturated carbocycles. The van der Waals surface area contributed by atoms with E-state index in [1.54, 1.807) is 6.92 Å². The summed E-state index contributed by atoms with van der Waals surface area (Å²) in [4.78, 5) is 22.7. The van der Waals surface area contributed by atoms with Crippen LogP contribution in [-0.4, -0.2) is 31.1 Å². The summed E-state index contributed by atoms with van der Waals surface area (Å²) in [5, 5.41) is 2.59. The first kappa shape index (κ1) is 14.9. The standard InChI is InChI=1S/C11H22N2O3/c1-4-5-6-7-9(11(15)16-3)13-10(14)8(2)12/h8-9H,4-7,12H2,1-3H3,(H,13,14)/t8-,9-/m0/s1. The molecule has 16 heavy (non-hydrogen) atoms. The van der Waals surface area contributed by atoms with E-state index in [9.17, 15) is 9.59 Å². The maximum absolute atomic E-state index is 11.4. The van der Waals surface area contributed by atoms with Gasteiger partial charge >= 0.3 is 5.97 Å². The topological polar surface area (TPSA) is 81.4 Å². The fraction of sp³-hybridized carbons (Fsp3) is 0.818. The third kappa shape index (κ3) is 5.70. The SMILES string of the molecule is CCCCC[C@H](NC(=O)[C@H](C)N)C(=O)OC. The summed E-state index contributed by atoms with van der Waals surface area (Å²) in [7, 11) is 1.31. The monoisotopic (exact) mass is 230 g/mol. The van der Waals surface area contributed by atoms with Crippen LogP contribution in [0.2, 0.25) is 0 Å². The van der Waals surface area contributed by atoms with Crippen molar-refractivity contribution >= 4 is 11.9 Å². The molecule has 0 aliphatic rings. The molecule has 5 heteroatoms. The number of methoxy groups -OCH3 is 1. The smallest absolute Gasteiger partial charge is 0.328 e. The maximum Gasteiger partial charge on any atom is 0.328 e. The predicted octanol–water partition coefficient (Wildman–Crippen LogP) is 0.572. The second-order valence-corrected chi connectivity index (χ2v) is 3.87. The van der Waals surface area contributed by atoms with E-state index in [4.69, 9.17) is 5.73 Å². The fourth-order valence-corrected chi connectivity index (χ4v) is 1.29. The van der Waals surface area contributed by atoms with Gasteiger partial charge in [-0.2, -0.15) is 0 Å². The van der Waals surface area contributed by atoms with Crippen LogP contribution in [0.15, 0.2) is 0 Å². The van der Waals surface area contributed by atoms with E-state index in [0.29, 0.717) is 6.42 Å². The highest BCUT2D eigenvalue weighted by molar-refractivity contribution is 5.87. The Morgan fingerprint density at radius 1 is 1.38 bits per heavy atom. The van der Waals surface area contributed by atoms with Gasteiger partial charge in [-0.05, 0) is 13.3 Å². The predicted molar refractivity (Wildman–Crippen MR) is 61.7 cm³/mol. The average Bonchev–Trinajstić information content (AvgIpc) is 2.26. The largest absolute Gasteiger partial charge is 0.467 e. The first-order valence-electron chi connectivity index (χ1n) is 5.66. The van der Waals surface area contributed by atoms with Gasteiger partial charge in [-0.15, -0.1) is 0 Å². The molecule has 0 fully saturated rings. The number of esters is 1. The molecule has 3 N–H and O–H groups in total. The molecular weight excluding hydrogens is 208 g/mol. The number of unbranched alkanes of at least 4 members (excludes halogenated alkanes) is 2. The Hall–Kier alpha value is -1.10. The van der Waals surface area contributed by atoms with Crippen LogP contribution in [0.4, 0.5) is 0 Å². The number of ether oxygens (including phenoxy) is 1. The highest BCUT2D eigenvalue weighted by Crippen LogP contribution is 2.05. The van der Waals surface area contributed by atoms with Gasteiger partial charge in [0.25, 0.3) is 0 Å². The van der Waals surface area contributed by atoms with Gasteiger partial charge in [0.15, 0.2) is 0 Å². The van der Waals surface area contributed by atoms with Gasteiger partial charge in [0.05, 0.1) is 13.2 Å². The molecule has 0 aromatic carbocycles. The van der Waals surface area contributed by atoms with Crippen LogP contribution < -0.4 is 11.1 Å². The molecule has 0 aromatic heterocycles. The zero-order valence-electron chi connectivity index (χ0n) is 10.3. The summed E-state index contributed by atoms with van der Waals surface area (Å²) in [6.07, 6.45) is 3.57. The molecule has 0 spiro atoms. The van der Waals surface area contributed by atoms with Crippen molar-refractivity contribution in [3.63, 3.8) is 0 Å². The zero-order chi connectivity index (χ0) is 12.6. The van der Waals surface area contributed by atoms with E-state index in [1.165, 1.54) is 7.11 Å². The molecule has 0 heterocycles. The van der Waals surface area contributed by atoms with Crippen LogP contribution in [0.1, 0.15) is 39.5 Å². The molecule has 0 unspecified atom stereocenters. The van der Waals surface area contributed by atoms with Gasteiger partial charge in [0, 0.05) is 0 Å². The Balaban J connectivity index is 4.20. The molecule has 0 rings (SSSR count). The van der Waals surface area contributed by atoms with Gasteiger partial charge in [0.2, 0.25) is 5.91 Å². The van der Waals surface area contributed by atoms with Gasteiger partial charge in [-0.1, -0.05) is 26.2 Å². The number of nitrogens with one attached hydrogen (secondary N) is 1. The van der Waals surface area contributed by atoms with Crippen molar-refractivity contribution in [3.8, 4) is 0 Å². The highest BCUT2D eigenvalue weighted by atomic mass is 16.5. The van der Waals surface area contributed by atoms with Crippen molar-refractivity contribution in [2.24, 2.45) is 5.73 Å².